The fourth-order valence-electron chi connectivity index (χ4n) is 2.41. The minimum absolute atomic E-state index is 0.112. The molecule has 0 saturated carbocycles. The lowest BCUT2D eigenvalue weighted by atomic mass is 9.91. The molecule has 2 heterocycles. The van der Waals surface area contributed by atoms with Gasteiger partial charge < -0.3 is 4.90 Å². The second-order valence-corrected chi connectivity index (χ2v) is 6.24. The van der Waals surface area contributed by atoms with Crippen molar-refractivity contribution in [2.45, 2.75) is 32.1 Å². The maximum absolute atomic E-state index is 11.5. The van der Waals surface area contributed by atoms with Gasteiger partial charge in [0.1, 0.15) is 0 Å². The van der Waals surface area contributed by atoms with Gasteiger partial charge >= 0.3 is 0 Å². The maximum atomic E-state index is 11.5. The molecule has 1 unspecified atom stereocenters. The molecule has 12 heavy (non-hydrogen) atoms. The molecule has 3 heteroatoms. The van der Waals surface area contributed by atoms with Gasteiger partial charge in [0.2, 0.25) is 5.91 Å². The number of rotatable bonds is 0. The topological polar surface area (TPSA) is 20.3 Å². The molecule has 0 radical (unpaired) electrons. The number of fused-ring (bicyclic) bond motifs is 1. The average Bonchev–Trinajstić information content (AvgIpc) is 2.28. The van der Waals surface area contributed by atoms with E-state index in [0.29, 0.717) is 17.1 Å². The molecular formula is C9H15NOS. The molecule has 2 saturated heterocycles. The van der Waals surface area contributed by atoms with E-state index in [1.807, 2.05) is 0 Å². The fraction of sp³-hybridized carbons (Fsp3) is 0.889. The van der Waals surface area contributed by atoms with Crippen molar-refractivity contribution in [3.05, 3.63) is 0 Å². The molecule has 0 bridgehead atoms. The van der Waals surface area contributed by atoms with Crippen LogP contribution < -0.4 is 0 Å². The van der Waals surface area contributed by atoms with E-state index in [4.69, 9.17) is 0 Å². The Labute approximate surface area is 77.7 Å². The van der Waals surface area contributed by atoms with E-state index in [1.165, 1.54) is 0 Å². The first kappa shape index (κ1) is 8.42. The highest BCUT2D eigenvalue weighted by Gasteiger charge is 2.52. The van der Waals surface area contributed by atoms with Gasteiger partial charge in [0.15, 0.2) is 0 Å². The van der Waals surface area contributed by atoms with Gasteiger partial charge in [-0.3, -0.25) is 4.79 Å². The van der Waals surface area contributed by atoms with E-state index in [-0.39, 0.29) is 4.87 Å². The van der Waals surface area contributed by atoms with Crippen molar-refractivity contribution >= 4 is 17.7 Å². The van der Waals surface area contributed by atoms with Crippen LogP contribution in [0.5, 0.6) is 0 Å². The quantitative estimate of drug-likeness (QED) is 0.572. The van der Waals surface area contributed by atoms with Gasteiger partial charge in [-0.2, -0.15) is 0 Å². The van der Waals surface area contributed by atoms with Gasteiger partial charge in [-0.1, -0.05) is 13.8 Å². The van der Waals surface area contributed by atoms with Crippen molar-refractivity contribution in [1.29, 1.82) is 0 Å². The Hall–Kier alpha value is -0.180. The van der Waals surface area contributed by atoms with Crippen LogP contribution in [0.2, 0.25) is 0 Å². The third-order valence-corrected chi connectivity index (χ3v) is 4.15. The van der Waals surface area contributed by atoms with Gasteiger partial charge in [0, 0.05) is 6.54 Å². The molecule has 0 aromatic heterocycles. The van der Waals surface area contributed by atoms with Gasteiger partial charge in [0.05, 0.1) is 10.6 Å². The van der Waals surface area contributed by atoms with E-state index in [1.54, 1.807) is 11.8 Å². The zero-order chi connectivity index (χ0) is 8.98. The molecular weight excluding hydrogens is 170 g/mol. The summed E-state index contributed by atoms with van der Waals surface area (Å²) in [6.07, 6.45) is 1.14. The second-order valence-electron chi connectivity index (χ2n) is 4.78. The first-order valence-corrected chi connectivity index (χ1v) is 5.36. The summed E-state index contributed by atoms with van der Waals surface area (Å²) in [6.45, 7) is 7.61. The van der Waals surface area contributed by atoms with E-state index in [9.17, 15) is 4.79 Å². The normalized spacial score (nSPS) is 38.9. The smallest absolute Gasteiger partial charge is 0.233 e. The zero-order valence-electron chi connectivity index (χ0n) is 7.89. The van der Waals surface area contributed by atoms with Crippen molar-refractivity contribution in [2.24, 2.45) is 5.41 Å². The molecule has 68 valence electrons. The molecule has 0 aliphatic carbocycles. The number of amides is 1. The van der Waals surface area contributed by atoms with Gasteiger partial charge in [0.25, 0.3) is 0 Å². The van der Waals surface area contributed by atoms with Crippen molar-refractivity contribution in [3.8, 4) is 0 Å². The summed E-state index contributed by atoms with van der Waals surface area (Å²) in [5.74, 6) is 1.01. The molecule has 2 aliphatic rings. The SMILES string of the molecule is CC1(C)CN2C(=O)CSC2(C)C1. The number of thioether (sulfide) groups is 1. The Morgan fingerprint density at radius 1 is 1.42 bits per heavy atom. The minimum Gasteiger partial charge on any atom is -0.327 e. The molecule has 0 spiro atoms. The molecule has 2 aliphatic heterocycles. The van der Waals surface area contributed by atoms with Crippen LogP contribution in [-0.2, 0) is 4.79 Å². The predicted molar refractivity (Wildman–Crippen MR) is 51.0 cm³/mol. The number of nitrogens with zero attached hydrogens (tertiary/aromatic N) is 1. The fourth-order valence-corrected chi connectivity index (χ4v) is 3.82. The standard InChI is InChI=1S/C9H15NOS/c1-8(2)5-9(3)10(6-8)7(11)4-12-9/h4-6H2,1-3H3. The molecule has 2 nitrogen and oxygen atoms in total. The number of carbonyl (C=O) groups excluding carboxylic acids is 1. The summed E-state index contributed by atoms with van der Waals surface area (Å²) in [6, 6.07) is 0. The van der Waals surface area contributed by atoms with Gasteiger partial charge in [-0.05, 0) is 18.8 Å². The Morgan fingerprint density at radius 3 is 2.67 bits per heavy atom. The second kappa shape index (κ2) is 2.19. The molecule has 1 atom stereocenters. The molecule has 0 aromatic carbocycles. The van der Waals surface area contributed by atoms with Crippen molar-refractivity contribution in [3.63, 3.8) is 0 Å². The summed E-state index contributed by atoms with van der Waals surface area (Å²) >= 11 is 1.80. The average molecular weight is 185 g/mol. The number of hydrogen-bond acceptors (Lipinski definition) is 2. The Bertz CT molecular complexity index is 239. The van der Waals surface area contributed by atoms with Gasteiger partial charge in [-0.15, -0.1) is 11.8 Å². The van der Waals surface area contributed by atoms with Gasteiger partial charge in [-0.25, -0.2) is 0 Å². The lowest BCUT2D eigenvalue weighted by Gasteiger charge is -2.25. The first-order chi connectivity index (χ1) is 5.43. The molecule has 2 rings (SSSR count). The third-order valence-electron chi connectivity index (χ3n) is 2.77. The Balaban J connectivity index is 2.28. The number of carbonyl (C=O) groups is 1. The summed E-state index contributed by atoms with van der Waals surface area (Å²) in [7, 11) is 0. The van der Waals surface area contributed by atoms with E-state index < -0.39 is 0 Å². The Morgan fingerprint density at radius 2 is 2.08 bits per heavy atom. The molecule has 2 fully saturated rings. The largest absolute Gasteiger partial charge is 0.327 e. The van der Waals surface area contributed by atoms with Crippen LogP contribution in [0.3, 0.4) is 0 Å². The van der Waals surface area contributed by atoms with Crippen LogP contribution in [0.15, 0.2) is 0 Å². The molecule has 1 amide bonds. The van der Waals surface area contributed by atoms with Crippen molar-refractivity contribution in [1.82, 2.24) is 4.90 Å². The summed E-state index contributed by atoms with van der Waals surface area (Å²) in [4.78, 5) is 13.6. The van der Waals surface area contributed by atoms with Crippen LogP contribution in [0.4, 0.5) is 0 Å². The highest BCUT2D eigenvalue weighted by molar-refractivity contribution is 8.01. The van der Waals surface area contributed by atoms with E-state index >= 15 is 0 Å². The first-order valence-electron chi connectivity index (χ1n) is 4.37. The summed E-state index contributed by atoms with van der Waals surface area (Å²) in [5, 5.41) is 0. The minimum atomic E-state index is 0.112. The monoisotopic (exact) mass is 185 g/mol. The van der Waals surface area contributed by atoms with Crippen LogP contribution >= 0.6 is 11.8 Å². The van der Waals surface area contributed by atoms with Crippen LogP contribution in [0, 0.1) is 5.41 Å². The van der Waals surface area contributed by atoms with Crippen LogP contribution in [0.1, 0.15) is 27.2 Å². The predicted octanol–water partition coefficient (Wildman–Crippen LogP) is 1.71. The highest BCUT2D eigenvalue weighted by Crippen LogP contribution is 2.50. The molecule has 0 aromatic rings. The maximum Gasteiger partial charge on any atom is 0.233 e. The third kappa shape index (κ3) is 1.06. The van der Waals surface area contributed by atoms with E-state index in [2.05, 4.69) is 25.7 Å². The summed E-state index contributed by atoms with van der Waals surface area (Å²) in [5.41, 5.74) is 0.317. The molecule has 0 N–H and O–H groups in total. The lowest BCUT2D eigenvalue weighted by molar-refractivity contribution is -0.128. The lowest BCUT2D eigenvalue weighted by Crippen LogP contribution is -2.36. The summed E-state index contributed by atoms with van der Waals surface area (Å²) < 4.78 is 0. The van der Waals surface area contributed by atoms with Crippen LogP contribution in [-0.4, -0.2) is 28.0 Å². The van der Waals surface area contributed by atoms with E-state index in [0.717, 1.165) is 13.0 Å². The highest BCUT2D eigenvalue weighted by atomic mass is 32.2. The Kier molecular flexibility index (Phi) is 1.54. The van der Waals surface area contributed by atoms with Crippen LogP contribution in [0.25, 0.3) is 0 Å². The zero-order valence-corrected chi connectivity index (χ0v) is 8.70. The van der Waals surface area contributed by atoms with Crippen molar-refractivity contribution < 1.29 is 4.79 Å². The number of hydrogen-bond donors (Lipinski definition) is 0. The van der Waals surface area contributed by atoms with Crippen molar-refractivity contribution in [2.75, 3.05) is 12.3 Å².